The molecule has 0 atom stereocenters. The zero-order valence-corrected chi connectivity index (χ0v) is 27.0. The van der Waals surface area contributed by atoms with E-state index in [1.807, 2.05) is 17.9 Å². The number of amides is 2. The van der Waals surface area contributed by atoms with Crippen molar-refractivity contribution in [2.75, 3.05) is 56.7 Å². The first kappa shape index (κ1) is 34.5. The third kappa shape index (κ3) is 7.82. The van der Waals surface area contributed by atoms with Crippen LogP contribution >= 0.6 is 11.6 Å². The van der Waals surface area contributed by atoms with E-state index in [0.29, 0.717) is 69.4 Å². The molecule has 0 unspecified atom stereocenters. The van der Waals surface area contributed by atoms with Crippen molar-refractivity contribution in [2.45, 2.75) is 32.5 Å². The molecule has 48 heavy (non-hydrogen) atoms. The summed E-state index contributed by atoms with van der Waals surface area (Å²) in [6, 6.07) is 7.73. The summed E-state index contributed by atoms with van der Waals surface area (Å²) in [5.41, 5.74) is 0.316. The number of aryl methyl sites for hydroxylation is 1. The minimum Gasteiger partial charge on any atom is -0.377 e. The van der Waals surface area contributed by atoms with Gasteiger partial charge in [-0.2, -0.15) is 18.3 Å². The number of anilines is 2. The fraction of sp³-hybridized carbons (Fsp3) is 0.387. The second kappa shape index (κ2) is 14.9. The van der Waals surface area contributed by atoms with E-state index in [1.165, 1.54) is 11.8 Å². The van der Waals surface area contributed by atoms with Gasteiger partial charge in [-0.25, -0.2) is 4.68 Å². The van der Waals surface area contributed by atoms with E-state index in [1.54, 1.807) is 29.3 Å². The number of aromatic amines is 2. The number of pyridine rings is 1. The second-order valence-corrected chi connectivity index (χ2v) is 11.3. The zero-order chi connectivity index (χ0) is 34.4. The van der Waals surface area contributed by atoms with Gasteiger partial charge in [-0.3, -0.25) is 29.4 Å². The number of H-pyrrole nitrogens is 2. The van der Waals surface area contributed by atoms with Crippen molar-refractivity contribution in [2.24, 2.45) is 0 Å². The lowest BCUT2D eigenvalue weighted by Gasteiger charge is -2.35. The maximum absolute atomic E-state index is 14.3. The number of nitrogens with zero attached hydrogens (tertiary/aromatic N) is 5. The van der Waals surface area contributed by atoms with Crippen molar-refractivity contribution in [3.63, 3.8) is 0 Å². The molecule has 2 amide bonds. The van der Waals surface area contributed by atoms with Crippen molar-refractivity contribution in [3.8, 4) is 0 Å². The number of rotatable bonds is 8. The number of halogens is 4. The number of benzene rings is 1. The lowest BCUT2D eigenvalue weighted by Crippen LogP contribution is -2.54. The highest BCUT2D eigenvalue weighted by Gasteiger charge is 2.32. The molecular formula is C31H35ClF3N8O5+. The maximum atomic E-state index is 14.3. The van der Waals surface area contributed by atoms with E-state index >= 15 is 0 Å². The molecule has 5 rings (SSSR count). The molecular weight excluding hydrogens is 657 g/mol. The van der Waals surface area contributed by atoms with Crippen LogP contribution in [0.25, 0.3) is 5.57 Å². The third-order valence-electron chi connectivity index (χ3n) is 7.89. The fourth-order valence-corrected chi connectivity index (χ4v) is 5.61. The van der Waals surface area contributed by atoms with Gasteiger partial charge in [0.1, 0.15) is 19.3 Å². The Balaban J connectivity index is 1.47. The van der Waals surface area contributed by atoms with E-state index in [0.717, 1.165) is 28.5 Å². The molecule has 0 radical (unpaired) electrons. The number of carbonyl (C=O) groups is 2. The first-order chi connectivity index (χ1) is 23.0. The number of nitrogens with one attached hydrogen (secondary N) is 3. The summed E-state index contributed by atoms with van der Waals surface area (Å²) in [7, 11) is 1.46. The van der Waals surface area contributed by atoms with Gasteiger partial charge in [0.2, 0.25) is 12.1 Å². The molecule has 256 valence electrons. The van der Waals surface area contributed by atoms with Crippen LogP contribution in [0.15, 0.2) is 53.5 Å². The molecule has 2 aromatic heterocycles. The minimum atomic E-state index is -4.61. The highest BCUT2D eigenvalue weighted by molar-refractivity contribution is 6.33. The van der Waals surface area contributed by atoms with Gasteiger partial charge in [0.25, 0.3) is 5.56 Å². The summed E-state index contributed by atoms with van der Waals surface area (Å²) in [6.45, 7) is 3.30. The quantitative estimate of drug-likeness (QED) is 0.309. The lowest BCUT2D eigenvalue weighted by atomic mass is 10.1. The first-order valence-electron chi connectivity index (χ1n) is 15.2. The zero-order valence-electron chi connectivity index (χ0n) is 26.3. The molecule has 0 aliphatic carbocycles. The van der Waals surface area contributed by atoms with Gasteiger partial charge >= 0.3 is 17.8 Å². The molecule has 0 bridgehead atoms. The van der Waals surface area contributed by atoms with Crippen LogP contribution in [0.1, 0.15) is 40.9 Å². The van der Waals surface area contributed by atoms with Gasteiger partial charge in [-0.15, -0.1) is 0 Å². The number of hydrogen-bond donors (Lipinski definition) is 3. The van der Waals surface area contributed by atoms with Crippen LogP contribution in [0.4, 0.5) is 24.5 Å². The van der Waals surface area contributed by atoms with Gasteiger partial charge in [-0.05, 0) is 42.7 Å². The number of hydrogen-bond acceptors (Lipinski definition) is 7. The lowest BCUT2D eigenvalue weighted by molar-refractivity contribution is -0.886. The highest BCUT2D eigenvalue weighted by atomic mass is 35.5. The molecule has 1 saturated heterocycles. The Morgan fingerprint density at radius 3 is 2.58 bits per heavy atom. The normalized spacial score (nSPS) is 15.1. The van der Waals surface area contributed by atoms with Crippen molar-refractivity contribution < 1.29 is 37.1 Å². The van der Waals surface area contributed by atoms with Gasteiger partial charge in [0.05, 0.1) is 35.2 Å². The van der Waals surface area contributed by atoms with Gasteiger partial charge < -0.3 is 19.9 Å². The number of aromatic nitrogens is 5. The molecule has 1 aromatic carbocycles. The molecule has 2 aliphatic rings. The van der Waals surface area contributed by atoms with Crippen LogP contribution in [-0.2, 0) is 28.7 Å². The molecule has 2 aliphatic heterocycles. The second-order valence-electron chi connectivity index (χ2n) is 10.9. The Kier molecular flexibility index (Phi) is 10.7. The Morgan fingerprint density at radius 2 is 1.94 bits per heavy atom. The molecule has 1 fully saturated rings. The summed E-state index contributed by atoms with van der Waals surface area (Å²) in [5.74, 6) is -0.639. The Bertz CT molecular complexity index is 1810. The summed E-state index contributed by atoms with van der Waals surface area (Å²) < 4.78 is 47.3. The maximum Gasteiger partial charge on any atom is 0.416 e. The molecule has 0 saturated carbocycles. The Hall–Kier alpha value is -4.83. The highest BCUT2D eigenvalue weighted by Crippen LogP contribution is 2.33. The molecule has 13 nitrogen and oxygen atoms in total. The topological polar surface area (TPSA) is 141 Å². The average Bonchev–Trinajstić information content (AvgIpc) is 3.08. The fourth-order valence-electron chi connectivity index (χ4n) is 5.38. The van der Waals surface area contributed by atoms with Gasteiger partial charge in [-0.1, -0.05) is 24.6 Å². The third-order valence-corrected chi connectivity index (χ3v) is 8.21. The van der Waals surface area contributed by atoms with E-state index in [4.69, 9.17) is 21.2 Å². The molecule has 0 spiro atoms. The van der Waals surface area contributed by atoms with Crippen LogP contribution < -0.4 is 25.3 Å². The van der Waals surface area contributed by atoms with E-state index < -0.39 is 29.8 Å². The van der Waals surface area contributed by atoms with Crippen molar-refractivity contribution in [1.29, 1.82) is 0 Å². The number of alkyl halides is 3. The molecule has 3 N–H and O–H groups in total. The van der Waals surface area contributed by atoms with Gasteiger partial charge in [0, 0.05) is 43.0 Å². The van der Waals surface area contributed by atoms with Crippen LogP contribution in [0, 0.1) is 0 Å². The van der Waals surface area contributed by atoms with Crippen molar-refractivity contribution in [1.82, 2.24) is 24.9 Å². The average molecular weight is 692 g/mol. The van der Waals surface area contributed by atoms with E-state index in [9.17, 15) is 27.6 Å². The molecule has 17 heteroatoms. The number of piperazine rings is 1. The number of carbonyl (C=O) groups excluding carboxylic acids is 2. The number of ether oxygens (including phenoxy) is 1. The smallest absolute Gasteiger partial charge is 0.377 e. The van der Waals surface area contributed by atoms with Crippen LogP contribution in [0.2, 0.25) is 5.02 Å². The van der Waals surface area contributed by atoms with Gasteiger partial charge in [0.15, 0.2) is 5.82 Å². The Morgan fingerprint density at radius 1 is 1.17 bits per heavy atom. The van der Waals surface area contributed by atoms with E-state index in [-0.39, 0.29) is 22.3 Å². The molecule has 3 aromatic rings. The van der Waals surface area contributed by atoms with Crippen LogP contribution in [0.3, 0.4) is 0 Å². The summed E-state index contributed by atoms with van der Waals surface area (Å²) >= 11 is 6.07. The Labute approximate surface area is 278 Å². The largest absolute Gasteiger partial charge is 0.416 e. The van der Waals surface area contributed by atoms with Crippen LogP contribution in [-0.4, -0.2) is 83.2 Å². The minimum absolute atomic E-state index is 0.0455. The SMILES string of the molecule is CCc1[nH]nc(C2=CCOCC2)[nH]n(CC(=O)Nc2ccc(C(F)(F)F)cc2Cl)c(=O)c1N1CCN(C(=O)c2cccc[n+]2OC)CC1. The van der Waals surface area contributed by atoms with Crippen LogP contribution in [0.5, 0.6) is 0 Å². The van der Waals surface area contributed by atoms with Crippen molar-refractivity contribution >= 4 is 40.4 Å². The summed E-state index contributed by atoms with van der Waals surface area (Å²) in [6.07, 6.45) is -0.272. The predicted octanol–water partition coefficient (Wildman–Crippen LogP) is 3.01. The summed E-state index contributed by atoms with van der Waals surface area (Å²) in [4.78, 5) is 49.7. The first-order valence-corrected chi connectivity index (χ1v) is 15.6. The summed E-state index contributed by atoms with van der Waals surface area (Å²) in [5, 5.41) is 12.7. The predicted molar refractivity (Wildman–Crippen MR) is 170 cm³/mol. The van der Waals surface area contributed by atoms with Crippen molar-refractivity contribution in [3.05, 3.63) is 86.8 Å². The van der Waals surface area contributed by atoms with E-state index in [2.05, 4.69) is 20.6 Å². The molecule has 4 heterocycles. The standard InChI is InChI=1S/C31H34ClF3N8O5/c1-3-23-27(40-12-14-41(15-13-40)29(45)25-6-4-5-11-43(25)47-2)30(46)42(39-28(38-37-23)20-9-16-48-17-10-20)19-26(44)36-24-8-7-21(18-22(24)32)31(33,34)35/h4-9,11,18H,3,10,12-17,19H2,1-2H3,(H2,36,44,45)/p+1. The monoisotopic (exact) mass is 691 g/mol.